The molecule has 1 unspecified atom stereocenters. The minimum atomic E-state index is -0.0417. The van der Waals surface area contributed by atoms with Crippen LogP contribution in [0.5, 0.6) is 0 Å². The highest BCUT2D eigenvalue weighted by atomic mass is 79.9. The van der Waals surface area contributed by atoms with E-state index in [0.29, 0.717) is 0 Å². The van der Waals surface area contributed by atoms with E-state index < -0.39 is 0 Å². The van der Waals surface area contributed by atoms with Crippen LogP contribution in [0.2, 0.25) is 0 Å². The van der Waals surface area contributed by atoms with E-state index in [4.69, 9.17) is 0 Å². The van der Waals surface area contributed by atoms with Crippen molar-refractivity contribution in [2.45, 2.75) is 17.8 Å². The molecule has 1 rings (SSSR count). The topological polar surface area (TPSA) is 20.3 Å². The minimum absolute atomic E-state index is 0.0417. The standard InChI is InChI=1S/C6H10BrNO/c7-6(5-9)8-3-1-2-4-8/h5-6H,1-4H2. The molecule has 0 saturated carbocycles. The average molecular weight is 192 g/mol. The number of hydrogen-bond acceptors (Lipinski definition) is 2. The molecule has 2 nitrogen and oxygen atoms in total. The lowest BCUT2D eigenvalue weighted by Crippen LogP contribution is -2.28. The lowest BCUT2D eigenvalue weighted by molar-refractivity contribution is -0.109. The van der Waals surface area contributed by atoms with Crippen LogP contribution in [0.15, 0.2) is 0 Å². The molecule has 9 heavy (non-hydrogen) atoms. The molecule has 3 heteroatoms. The number of halogens is 1. The summed E-state index contributed by atoms with van der Waals surface area (Å²) in [5.74, 6) is 0. The number of carbonyl (C=O) groups is 1. The third-order valence-corrected chi connectivity index (χ3v) is 2.40. The Morgan fingerprint density at radius 1 is 1.44 bits per heavy atom. The van der Waals surface area contributed by atoms with Crippen molar-refractivity contribution in [2.75, 3.05) is 13.1 Å². The van der Waals surface area contributed by atoms with Crippen LogP contribution in [0.25, 0.3) is 0 Å². The van der Waals surface area contributed by atoms with Crippen LogP contribution in [-0.4, -0.2) is 29.2 Å². The zero-order valence-corrected chi connectivity index (χ0v) is 6.80. The fourth-order valence-corrected chi connectivity index (χ4v) is 1.48. The van der Waals surface area contributed by atoms with E-state index in [-0.39, 0.29) is 4.95 Å². The van der Waals surface area contributed by atoms with Crippen LogP contribution in [-0.2, 0) is 4.79 Å². The molecular weight excluding hydrogens is 182 g/mol. The molecule has 0 bridgehead atoms. The molecule has 1 aliphatic heterocycles. The van der Waals surface area contributed by atoms with Gasteiger partial charge in [-0.25, -0.2) is 0 Å². The molecule has 52 valence electrons. The Morgan fingerprint density at radius 2 is 2.00 bits per heavy atom. The van der Waals surface area contributed by atoms with Gasteiger partial charge in [0.05, 0.1) is 0 Å². The SMILES string of the molecule is O=CC(Br)N1CCCC1. The lowest BCUT2D eigenvalue weighted by Gasteiger charge is -2.15. The van der Waals surface area contributed by atoms with Crippen LogP contribution < -0.4 is 0 Å². The lowest BCUT2D eigenvalue weighted by atomic mass is 10.4. The van der Waals surface area contributed by atoms with Gasteiger partial charge in [0.15, 0.2) is 0 Å². The third kappa shape index (κ3) is 1.76. The van der Waals surface area contributed by atoms with Crippen molar-refractivity contribution in [1.29, 1.82) is 0 Å². The molecule has 0 spiro atoms. The summed E-state index contributed by atoms with van der Waals surface area (Å²) in [7, 11) is 0. The Kier molecular flexibility index (Phi) is 2.66. The second-order valence-corrected chi connectivity index (χ2v) is 3.19. The number of carbonyl (C=O) groups excluding carboxylic acids is 1. The summed E-state index contributed by atoms with van der Waals surface area (Å²) in [4.78, 5) is 12.3. The first-order valence-electron chi connectivity index (χ1n) is 3.18. The van der Waals surface area contributed by atoms with Crippen LogP contribution in [0.4, 0.5) is 0 Å². The molecule has 1 heterocycles. The maximum absolute atomic E-state index is 10.2. The van der Waals surface area contributed by atoms with Crippen molar-refractivity contribution >= 4 is 22.2 Å². The van der Waals surface area contributed by atoms with E-state index in [9.17, 15) is 4.79 Å². The van der Waals surface area contributed by atoms with Gasteiger partial charge in [0.2, 0.25) is 0 Å². The first-order chi connectivity index (χ1) is 4.34. The van der Waals surface area contributed by atoms with Gasteiger partial charge in [-0.15, -0.1) is 0 Å². The molecule has 1 aliphatic rings. The molecule has 0 N–H and O–H groups in total. The number of aldehydes is 1. The number of rotatable bonds is 2. The van der Waals surface area contributed by atoms with E-state index >= 15 is 0 Å². The number of likely N-dealkylation sites (tertiary alicyclic amines) is 1. The fraction of sp³-hybridized carbons (Fsp3) is 0.833. The first-order valence-corrected chi connectivity index (χ1v) is 4.09. The smallest absolute Gasteiger partial charge is 0.148 e. The van der Waals surface area contributed by atoms with Gasteiger partial charge >= 0.3 is 0 Å². The summed E-state index contributed by atoms with van der Waals surface area (Å²) in [6.45, 7) is 2.13. The maximum atomic E-state index is 10.2. The predicted molar refractivity (Wildman–Crippen MR) is 39.6 cm³/mol. The van der Waals surface area contributed by atoms with Gasteiger partial charge in [-0.05, 0) is 25.9 Å². The number of alkyl halides is 1. The Bertz CT molecular complexity index is 101. The van der Waals surface area contributed by atoms with Crippen molar-refractivity contribution in [3.8, 4) is 0 Å². The minimum Gasteiger partial charge on any atom is -0.301 e. The van der Waals surface area contributed by atoms with Gasteiger partial charge in [0, 0.05) is 0 Å². The van der Waals surface area contributed by atoms with Crippen molar-refractivity contribution in [2.24, 2.45) is 0 Å². The molecule has 0 aromatic rings. The summed E-state index contributed by atoms with van der Waals surface area (Å²) >= 11 is 3.26. The summed E-state index contributed by atoms with van der Waals surface area (Å²) in [6.07, 6.45) is 3.40. The predicted octanol–water partition coefficient (Wildman–Crippen LogP) is 1.00. The third-order valence-electron chi connectivity index (χ3n) is 1.60. The van der Waals surface area contributed by atoms with Gasteiger partial charge in [-0.1, -0.05) is 15.9 Å². The van der Waals surface area contributed by atoms with E-state index in [2.05, 4.69) is 20.8 Å². The van der Waals surface area contributed by atoms with Crippen molar-refractivity contribution < 1.29 is 4.79 Å². The molecular formula is C6H10BrNO. The quantitative estimate of drug-likeness (QED) is 0.369. The number of nitrogens with zero attached hydrogens (tertiary/aromatic N) is 1. The molecule has 1 atom stereocenters. The van der Waals surface area contributed by atoms with Gasteiger partial charge < -0.3 is 4.79 Å². The second-order valence-electron chi connectivity index (χ2n) is 2.25. The van der Waals surface area contributed by atoms with Crippen LogP contribution in [0.1, 0.15) is 12.8 Å². The van der Waals surface area contributed by atoms with Crippen LogP contribution in [0, 0.1) is 0 Å². The molecule has 1 saturated heterocycles. The van der Waals surface area contributed by atoms with Gasteiger partial charge in [-0.3, -0.25) is 4.90 Å². The normalized spacial score (nSPS) is 24.1. The summed E-state index contributed by atoms with van der Waals surface area (Å²) in [6, 6.07) is 0. The Labute approximate surface area is 63.3 Å². The van der Waals surface area contributed by atoms with E-state index in [1.54, 1.807) is 0 Å². The van der Waals surface area contributed by atoms with Crippen LogP contribution in [0.3, 0.4) is 0 Å². The summed E-state index contributed by atoms with van der Waals surface area (Å²) in [5.41, 5.74) is 0. The molecule has 0 amide bonds. The van der Waals surface area contributed by atoms with E-state index in [1.165, 1.54) is 12.8 Å². The highest BCUT2D eigenvalue weighted by Crippen LogP contribution is 2.13. The van der Waals surface area contributed by atoms with Crippen LogP contribution >= 0.6 is 15.9 Å². The largest absolute Gasteiger partial charge is 0.301 e. The molecule has 0 radical (unpaired) electrons. The molecule has 0 aromatic heterocycles. The average Bonchev–Trinajstić information content (AvgIpc) is 2.37. The maximum Gasteiger partial charge on any atom is 0.148 e. The van der Waals surface area contributed by atoms with E-state index in [1.807, 2.05) is 0 Å². The zero-order chi connectivity index (χ0) is 6.69. The summed E-state index contributed by atoms with van der Waals surface area (Å²) in [5, 5.41) is 0. The highest BCUT2D eigenvalue weighted by molar-refractivity contribution is 9.09. The fourth-order valence-electron chi connectivity index (χ4n) is 1.07. The van der Waals surface area contributed by atoms with E-state index in [0.717, 1.165) is 19.4 Å². The van der Waals surface area contributed by atoms with Crippen molar-refractivity contribution in [3.05, 3.63) is 0 Å². The molecule has 0 aromatic carbocycles. The molecule has 0 aliphatic carbocycles. The van der Waals surface area contributed by atoms with Crippen molar-refractivity contribution in [3.63, 3.8) is 0 Å². The molecule has 1 fully saturated rings. The number of hydrogen-bond donors (Lipinski definition) is 0. The van der Waals surface area contributed by atoms with Gasteiger partial charge in [-0.2, -0.15) is 0 Å². The zero-order valence-electron chi connectivity index (χ0n) is 5.22. The van der Waals surface area contributed by atoms with Gasteiger partial charge in [0.25, 0.3) is 0 Å². The highest BCUT2D eigenvalue weighted by Gasteiger charge is 2.17. The Morgan fingerprint density at radius 3 is 2.44 bits per heavy atom. The van der Waals surface area contributed by atoms with Gasteiger partial charge in [0.1, 0.15) is 11.2 Å². The first kappa shape index (κ1) is 7.22. The Balaban J connectivity index is 2.32. The second kappa shape index (κ2) is 3.32. The van der Waals surface area contributed by atoms with Crippen molar-refractivity contribution in [1.82, 2.24) is 4.90 Å². The Hall–Kier alpha value is 0.110. The summed E-state index contributed by atoms with van der Waals surface area (Å²) < 4.78 is 0. The monoisotopic (exact) mass is 191 g/mol.